The second kappa shape index (κ2) is 14.4. The maximum absolute atomic E-state index is 12.9. The fourth-order valence-electron chi connectivity index (χ4n) is 5.24. The van der Waals surface area contributed by atoms with Crippen LogP contribution in [0.3, 0.4) is 0 Å². The number of carbonyl (C=O) groups excluding carboxylic acids is 3. The SMILES string of the molecule is Cc1ccc(C(=O)Cc2ccc(Oc3ccc(CC(=O)C(=O)N4CCN(Cc5ccc6c(c5)OCO6)CC4)cc3)nc2)cc1.Cl. The Kier molecular flexibility index (Phi) is 10.1. The molecule has 10 heteroatoms. The number of nitrogens with zero attached hydrogens (tertiary/aromatic N) is 3. The van der Waals surface area contributed by atoms with Gasteiger partial charge in [-0.1, -0.05) is 54.1 Å². The molecule has 2 aliphatic heterocycles. The minimum Gasteiger partial charge on any atom is -0.454 e. The Morgan fingerprint density at radius 3 is 2.18 bits per heavy atom. The topological polar surface area (TPSA) is 98.3 Å². The number of ether oxygens (including phenoxy) is 3. The lowest BCUT2D eigenvalue weighted by Crippen LogP contribution is -2.50. The van der Waals surface area contributed by atoms with Gasteiger partial charge in [0.1, 0.15) is 5.75 Å². The minimum absolute atomic E-state index is 0. The molecule has 1 fully saturated rings. The van der Waals surface area contributed by atoms with Gasteiger partial charge in [-0.25, -0.2) is 4.98 Å². The Labute approximate surface area is 268 Å². The highest BCUT2D eigenvalue weighted by Crippen LogP contribution is 2.33. The second-order valence-electron chi connectivity index (χ2n) is 11.1. The van der Waals surface area contributed by atoms with Crippen LogP contribution >= 0.6 is 12.4 Å². The van der Waals surface area contributed by atoms with Gasteiger partial charge in [0.2, 0.25) is 18.5 Å². The van der Waals surface area contributed by atoms with Crippen LogP contribution in [0.15, 0.2) is 85.1 Å². The lowest BCUT2D eigenvalue weighted by atomic mass is 10.0. The zero-order valence-corrected chi connectivity index (χ0v) is 25.8. The molecule has 0 atom stereocenters. The van der Waals surface area contributed by atoms with Crippen molar-refractivity contribution in [1.82, 2.24) is 14.8 Å². The van der Waals surface area contributed by atoms with E-state index in [1.165, 1.54) is 0 Å². The smallest absolute Gasteiger partial charge is 0.290 e. The summed E-state index contributed by atoms with van der Waals surface area (Å²) in [6.45, 7) is 5.38. The van der Waals surface area contributed by atoms with Gasteiger partial charge in [-0.3, -0.25) is 19.3 Å². The van der Waals surface area contributed by atoms with Crippen LogP contribution in [-0.4, -0.2) is 65.2 Å². The molecule has 6 rings (SSSR count). The van der Waals surface area contributed by atoms with Crippen LogP contribution in [0.5, 0.6) is 23.1 Å². The van der Waals surface area contributed by atoms with Crippen LogP contribution < -0.4 is 14.2 Å². The molecule has 1 aromatic heterocycles. The van der Waals surface area contributed by atoms with Crippen molar-refractivity contribution in [3.8, 4) is 23.1 Å². The van der Waals surface area contributed by atoms with Gasteiger partial charge in [0.15, 0.2) is 17.3 Å². The van der Waals surface area contributed by atoms with Crippen molar-refractivity contribution >= 4 is 29.9 Å². The third kappa shape index (κ3) is 8.06. The summed E-state index contributed by atoms with van der Waals surface area (Å²) in [7, 11) is 0. The van der Waals surface area contributed by atoms with Crippen LogP contribution in [0.25, 0.3) is 0 Å². The number of hydrogen-bond acceptors (Lipinski definition) is 8. The number of aryl methyl sites for hydroxylation is 1. The molecular weight excluding hydrogens is 594 g/mol. The molecule has 232 valence electrons. The normalized spacial score (nSPS) is 14.0. The predicted molar refractivity (Wildman–Crippen MR) is 170 cm³/mol. The third-order valence-electron chi connectivity index (χ3n) is 7.79. The van der Waals surface area contributed by atoms with Crippen LogP contribution in [0.2, 0.25) is 0 Å². The van der Waals surface area contributed by atoms with E-state index < -0.39 is 11.7 Å². The first kappa shape index (κ1) is 31.7. The quantitative estimate of drug-likeness (QED) is 0.175. The number of halogens is 1. The van der Waals surface area contributed by atoms with E-state index in [4.69, 9.17) is 14.2 Å². The summed E-state index contributed by atoms with van der Waals surface area (Å²) in [4.78, 5) is 46.4. The average Bonchev–Trinajstić information content (AvgIpc) is 3.51. The Morgan fingerprint density at radius 1 is 0.778 bits per heavy atom. The summed E-state index contributed by atoms with van der Waals surface area (Å²) in [6.07, 6.45) is 1.92. The summed E-state index contributed by atoms with van der Waals surface area (Å²) in [5.74, 6) is 1.63. The van der Waals surface area contributed by atoms with Gasteiger partial charge in [-0.15, -0.1) is 12.4 Å². The Hall–Kier alpha value is -4.73. The number of hydrogen-bond donors (Lipinski definition) is 0. The summed E-state index contributed by atoms with van der Waals surface area (Å²) >= 11 is 0. The molecular formula is C35H34ClN3O6. The standard InChI is InChI=1S/C35H33N3O6.ClH/c1-24-2-8-28(9-3-24)30(39)19-26-7-13-34(36-21-26)44-29-10-4-25(5-11-29)18-31(40)35(41)38-16-14-37(15-17-38)22-27-6-12-32-33(20-27)43-23-42-32;/h2-13,20-21H,14-19,22-23H2,1H3;1H. The molecule has 0 unspecified atom stereocenters. The molecule has 1 saturated heterocycles. The van der Waals surface area contributed by atoms with Gasteiger partial charge in [0.25, 0.3) is 5.91 Å². The molecule has 4 aromatic rings. The highest BCUT2D eigenvalue weighted by atomic mass is 35.5. The van der Waals surface area contributed by atoms with Gasteiger partial charge in [-0.2, -0.15) is 0 Å². The Bertz CT molecular complexity index is 1650. The van der Waals surface area contributed by atoms with Gasteiger partial charge in [0, 0.05) is 63.4 Å². The fourth-order valence-corrected chi connectivity index (χ4v) is 5.24. The van der Waals surface area contributed by atoms with Crippen molar-refractivity contribution in [3.63, 3.8) is 0 Å². The van der Waals surface area contributed by atoms with Gasteiger partial charge >= 0.3 is 0 Å². The van der Waals surface area contributed by atoms with Crippen molar-refractivity contribution in [2.45, 2.75) is 26.3 Å². The Balaban J connectivity index is 0.00000400. The second-order valence-corrected chi connectivity index (χ2v) is 11.1. The van der Waals surface area contributed by atoms with E-state index in [-0.39, 0.29) is 37.8 Å². The van der Waals surface area contributed by atoms with E-state index >= 15 is 0 Å². The average molecular weight is 628 g/mol. The van der Waals surface area contributed by atoms with Crippen molar-refractivity contribution in [2.24, 2.45) is 0 Å². The molecule has 45 heavy (non-hydrogen) atoms. The number of carbonyl (C=O) groups is 3. The predicted octanol–water partition coefficient (Wildman–Crippen LogP) is 5.21. The molecule has 1 amide bonds. The summed E-state index contributed by atoms with van der Waals surface area (Å²) in [5, 5.41) is 0. The molecule has 9 nitrogen and oxygen atoms in total. The first-order valence-electron chi connectivity index (χ1n) is 14.6. The fraction of sp³-hybridized carbons (Fsp3) is 0.257. The molecule has 3 heterocycles. The van der Waals surface area contributed by atoms with Crippen molar-refractivity contribution < 1.29 is 28.6 Å². The summed E-state index contributed by atoms with van der Waals surface area (Å²) < 4.78 is 16.7. The third-order valence-corrected chi connectivity index (χ3v) is 7.79. The summed E-state index contributed by atoms with van der Waals surface area (Å²) in [5.41, 5.74) is 4.43. The number of Topliss-reactive ketones (excluding diaryl/α,β-unsaturated/α-hetero) is 2. The number of amides is 1. The van der Waals surface area contributed by atoms with E-state index in [9.17, 15) is 14.4 Å². The monoisotopic (exact) mass is 627 g/mol. The number of fused-ring (bicyclic) bond motifs is 1. The van der Waals surface area contributed by atoms with E-state index in [0.29, 0.717) is 43.4 Å². The van der Waals surface area contributed by atoms with E-state index in [2.05, 4.69) is 9.88 Å². The molecule has 0 saturated carbocycles. The highest BCUT2D eigenvalue weighted by molar-refractivity contribution is 6.36. The van der Waals surface area contributed by atoms with Crippen molar-refractivity contribution in [3.05, 3.63) is 113 Å². The van der Waals surface area contributed by atoms with Gasteiger partial charge in [0.05, 0.1) is 0 Å². The summed E-state index contributed by atoms with van der Waals surface area (Å²) in [6, 6.07) is 24.0. The molecule has 0 spiro atoms. The van der Waals surface area contributed by atoms with Gasteiger partial charge in [-0.05, 0) is 47.9 Å². The molecule has 0 bridgehead atoms. The lowest BCUT2D eigenvalue weighted by Gasteiger charge is -2.34. The first-order chi connectivity index (χ1) is 21.4. The number of ketones is 2. The molecule has 0 N–H and O–H groups in total. The van der Waals surface area contributed by atoms with Crippen LogP contribution in [0.4, 0.5) is 0 Å². The number of aromatic nitrogens is 1. The molecule has 3 aromatic carbocycles. The minimum atomic E-state index is -0.446. The van der Waals surface area contributed by atoms with Crippen LogP contribution in [0.1, 0.15) is 32.6 Å². The molecule has 0 radical (unpaired) electrons. The highest BCUT2D eigenvalue weighted by Gasteiger charge is 2.26. The first-order valence-corrected chi connectivity index (χ1v) is 14.6. The maximum atomic E-state index is 12.9. The molecule has 0 aliphatic carbocycles. The lowest BCUT2D eigenvalue weighted by molar-refractivity contribution is -0.145. The van der Waals surface area contributed by atoms with Crippen LogP contribution in [-0.2, 0) is 29.0 Å². The Morgan fingerprint density at radius 2 is 1.47 bits per heavy atom. The van der Waals surface area contributed by atoms with Gasteiger partial charge < -0.3 is 19.1 Å². The van der Waals surface area contributed by atoms with E-state index in [1.54, 1.807) is 41.4 Å². The largest absolute Gasteiger partial charge is 0.454 e. The number of pyridine rings is 1. The van der Waals surface area contributed by atoms with Crippen molar-refractivity contribution in [2.75, 3.05) is 33.0 Å². The zero-order valence-electron chi connectivity index (χ0n) is 24.9. The number of benzene rings is 3. The van der Waals surface area contributed by atoms with E-state index in [0.717, 1.165) is 40.3 Å². The van der Waals surface area contributed by atoms with Crippen molar-refractivity contribution in [1.29, 1.82) is 0 Å². The zero-order chi connectivity index (χ0) is 30.5. The number of piperazine rings is 1. The van der Waals surface area contributed by atoms with E-state index in [1.807, 2.05) is 55.5 Å². The number of rotatable bonds is 10. The van der Waals surface area contributed by atoms with Crippen LogP contribution in [0, 0.1) is 6.92 Å². The molecule has 2 aliphatic rings. The maximum Gasteiger partial charge on any atom is 0.290 e.